The smallest absolute Gasteiger partial charge is 0.294 e. The van der Waals surface area contributed by atoms with Crippen LogP contribution in [-0.2, 0) is 0 Å². The molecule has 9 heteroatoms. The molecule has 0 aliphatic rings. The third-order valence-electron chi connectivity index (χ3n) is 2.52. The summed E-state index contributed by atoms with van der Waals surface area (Å²) in [5, 5.41) is 13.4. The molecule has 1 aromatic carbocycles. The van der Waals surface area contributed by atoms with E-state index in [0.29, 0.717) is 0 Å². The summed E-state index contributed by atoms with van der Waals surface area (Å²) < 4.78 is 24.5. The average Bonchev–Trinajstić information content (AvgIpc) is 2.35. The Morgan fingerprint density at radius 3 is 2.60 bits per heavy atom. The van der Waals surface area contributed by atoms with E-state index in [1.165, 1.54) is 20.2 Å². The Kier molecular flexibility index (Phi) is 5.20. The van der Waals surface area contributed by atoms with Crippen LogP contribution < -0.4 is 5.32 Å². The van der Waals surface area contributed by atoms with Crippen molar-refractivity contribution in [1.29, 1.82) is 0 Å². The molecule has 0 saturated carbocycles. The summed E-state index contributed by atoms with van der Waals surface area (Å²) in [6.07, 6.45) is -2.69. The standard InChI is InChI=1S/C11H12ClF2N3O3/c1-15-10-7(12)3-6(4-8(10)17(19)20)11(18)16(2)5-9(13)14/h3-4,9,15H,5H2,1-2H3. The van der Waals surface area contributed by atoms with E-state index >= 15 is 0 Å². The van der Waals surface area contributed by atoms with Gasteiger partial charge >= 0.3 is 0 Å². The number of nitro groups is 1. The number of hydrogen-bond acceptors (Lipinski definition) is 4. The highest BCUT2D eigenvalue weighted by atomic mass is 35.5. The van der Waals surface area contributed by atoms with Crippen LogP contribution in [0, 0.1) is 10.1 Å². The third kappa shape index (κ3) is 3.53. The van der Waals surface area contributed by atoms with E-state index in [1.54, 1.807) is 0 Å². The normalized spacial score (nSPS) is 10.5. The molecule has 1 rings (SSSR count). The summed E-state index contributed by atoms with van der Waals surface area (Å²) in [7, 11) is 2.62. The van der Waals surface area contributed by atoms with Crippen LogP contribution in [0.2, 0.25) is 5.02 Å². The van der Waals surface area contributed by atoms with Gasteiger partial charge in [-0.2, -0.15) is 0 Å². The minimum Gasteiger partial charge on any atom is -0.381 e. The molecule has 0 aliphatic heterocycles. The highest BCUT2D eigenvalue weighted by Gasteiger charge is 2.23. The van der Waals surface area contributed by atoms with Crippen molar-refractivity contribution in [2.45, 2.75) is 6.43 Å². The molecule has 0 spiro atoms. The monoisotopic (exact) mass is 307 g/mol. The van der Waals surface area contributed by atoms with Gasteiger partial charge in [0.15, 0.2) is 0 Å². The Balaban J connectivity index is 3.20. The molecule has 20 heavy (non-hydrogen) atoms. The fraction of sp³-hybridized carbons (Fsp3) is 0.364. The summed E-state index contributed by atoms with van der Waals surface area (Å²) >= 11 is 5.85. The summed E-state index contributed by atoms with van der Waals surface area (Å²) in [6.45, 7) is -0.766. The molecule has 0 fully saturated rings. The highest BCUT2D eigenvalue weighted by Crippen LogP contribution is 2.33. The summed E-state index contributed by atoms with van der Waals surface area (Å²) in [5.74, 6) is -0.766. The number of hydrogen-bond donors (Lipinski definition) is 1. The second-order valence-electron chi connectivity index (χ2n) is 3.94. The molecular weight excluding hydrogens is 296 g/mol. The van der Waals surface area contributed by atoms with E-state index in [1.807, 2.05) is 0 Å². The van der Waals surface area contributed by atoms with E-state index < -0.39 is 29.5 Å². The molecular formula is C11H12ClF2N3O3. The second kappa shape index (κ2) is 6.47. The number of anilines is 1. The minimum atomic E-state index is -2.69. The number of halogens is 3. The minimum absolute atomic E-state index is 0.0319. The van der Waals surface area contributed by atoms with Crippen molar-refractivity contribution in [2.75, 3.05) is 26.0 Å². The van der Waals surface area contributed by atoms with Gasteiger partial charge in [0.05, 0.1) is 16.5 Å². The Morgan fingerprint density at radius 1 is 1.55 bits per heavy atom. The summed E-state index contributed by atoms with van der Waals surface area (Å²) in [5.41, 5.74) is -0.456. The zero-order chi connectivity index (χ0) is 15.4. The van der Waals surface area contributed by atoms with E-state index in [4.69, 9.17) is 11.6 Å². The fourth-order valence-electron chi connectivity index (χ4n) is 1.62. The number of nitrogens with one attached hydrogen (secondary N) is 1. The zero-order valence-electron chi connectivity index (χ0n) is 10.7. The molecule has 1 aromatic rings. The molecule has 110 valence electrons. The molecule has 0 unspecified atom stereocenters. The molecule has 6 nitrogen and oxygen atoms in total. The molecule has 0 aliphatic carbocycles. The van der Waals surface area contributed by atoms with Crippen molar-refractivity contribution >= 4 is 28.9 Å². The molecule has 1 amide bonds. The lowest BCUT2D eigenvalue weighted by atomic mass is 10.1. The van der Waals surface area contributed by atoms with Crippen LogP contribution in [0.25, 0.3) is 0 Å². The Hall–Kier alpha value is -1.96. The van der Waals surface area contributed by atoms with Crippen molar-refractivity contribution in [3.05, 3.63) is 32.8 Å². The summed E-state index contributed by atoms with van der Waals surface area (Å²) in [6, 6.07) is 2.20. The SMILES string of the molecule is CNc1c(Cl)cc(C(=O)N(C)CC(F)F)cc1[N+](=O)[O-]. The van der Waals surface area contributed by atoms with Crippen LogP contribution in [0.1, 0.15) is 10.4 Å². The Morgan fingerprint density at radius 2 is 2.15 bits per heavy atom. The van der Waals surface area contributed by atoms with Gasteiger partial charge in [-0.25, -0.2) is 8.78 Å². The fourth-order valence-corrected chi connectivity index (χ4v) is 1.93. The van der Waals surface area contributed by atoms with Gasteiger partial charge < -0.3 is 10.2 Å². The maximum Gasteiger partial charge on any atom is 0.294 e. The number of nitrogens with zero attached hydrogens (tertiary/aromatic N) is 2. The van der Waals surface area contributed by atoms with E-state index in [9.17, 15) is 23.7 Å². The van der Waals surface area contributed by atoms with Crippen LogP contribution in [0.3, 0.4) is 0 Å². The van der Waals surface area contributed by atoms with Crippen molar-refractivity contribution in [2.24, 2.45) is 0 Å². The quantitative estimate of drug-likeness (QED) is 0.670. The van der Waals surface area contributed by atoms with Crippen molar-refractivity contribution in [3.8, 4) is 0 Å². The van der Waals surface area contributed by atoms with Gasteiger partial charge in [0.25, 0.3) is 18.0 Å². The van der Waals surface area contributed by atoms with Crippen molar-refractivity contribution < 1.29 is 18.5 Å². The predicted octanol–water partition coefficient (Wildman–Crippen LogP) is 2.63. The maximum atomic E-state index is 12.2. The topological polar surface area (TPSA) is 75.5 Å². The lowest BCUT2D eigenvalue weighted by molar-refractivity contribution is -0.383. The van der Waals surface area contributed by atoms with Gasteiger partial charge in [-0.1, -0.05) is 11.6 Å². The average molecular weight is 308 g/mol. The van der Waals surface area contributed by atoms with E-state index in [-0.39, 0.29) is 16.3 Å². The Labute approximate surface area is 118 Å². The number of carbonyl (C=O) groups excluding carboxylic acids is 1. The molecule has 0 aromatic heterocycles. The van der Waals surface area contributed by atoms with Crippen LogP contribution in [-0.4, -0.2) is 42.8 Å². The van der Waals surface area contributed by atoms with Crippen LogP contribution >= 0.6 is 11.6 Å². The predicted molar refractivity (Wildman–Crippen MR) is 70.6 cm³/mol. The number of nitro benzene ring substituents is 1. The molecule has 0 bridgehead atoms. The van der Waals surface area contributed by atoms with Crippen LogP contribution in [0.5, 0.6) is 0 Å². The van der Waals surface area contributed by atoms with Crippen LogP contribution in [0.15, 0.2) is 12.1 Å². The first-order chi connectivity index (χ1) is 9.27. The molecule has 0 atom stereocenters. The first kappa shape index (κ1) is 16.1. The molecule has 1 N–H and O–H groups in total. The number of benzene rings is 1. The first-order valence-electron chi connectivity index (χ1n) is 5.47. The molecule has 0 saturated heterocycles. The molecule has 0 radical (unpaired) electrons. The number of alkyl halides is 2. The van der Waals surface area contributed by atoms with Gasteiger partial charge in [0.2, 0.25) is 0 Å². The van der Waals surface area contributed by atoms with Crippen molar-refractivity contribution in [1.82, 2.24) is 4.90 Å². The maximum absolute atomic E-state index is 12.2. The van der Waals surface area contributed by atoms with Gasteiger partial charge in [-0.15, -0.1) is 0 Å². The number of amides is 1. The lowest BCUT2D eigenvalue weighted by Crippen LogP contribution is -2.31. The van der Waals surface area contributed by atoms with E-state index in [0.717, 1.165) is 11.0 Å². The van der Waals surface area contributed by atoms with Gasteiger partial charge in [0, 0.05) is 25.7 Å². The van der Waals surface area contributed by atoms with E-state index in [2.05, 4.69) is 5.32 Å². The van der Waals surface area contributed by atoms with Crippen molar-refractivity contribution in [3.63, 3.8) is 0 Å². The largest absolute Gasteiger partial charge is 0.381 e. The molecule has 0 heterocycles. The van der Waals surface area contributed by atoms with Gasteiger partial charge in [-0.05, 0) is 6.07 Å². The van der Waals surface area contributed by atoms with Gasteiger partial charge in [0.1, 0.15) is 5.69 Å². The number of rotatable bonds is 5. The first-order valence-corrected chi connectivity index (χ1v) is 5.85. The Bertz CT molecular complexity index is 540. The highest BCUT2D eigenvalue weighted by molar-refractivity contribution is 6.34. The lowest BCUT2D eigenvalue weighted by Gasteiger charge is -2.17. The van der Waals surface area contributed by atoms with Crippen LogP contribution in [0.4, 0.5) is 20.2 Å². The second-order valence-corrected chi connectivity index (χ2v) is 4.34. The summed E-state index contributed by atoms with van der Waals surface area (Å²) in [4.78, 5) is 22.9. The third-order valence-corrected chi connectivity index (χ3v) is 2.82. The number of carbonyl (C=O) groups is 1. The van der Waals surface area contributed by atoms with Gasteiger partial charge in [-0.3, -0.25) is 14.9 Å². The zero-order valence-corrected chi connectivity index (χ0v) is 11.4.